The summed E-state index contributed by atoms with van der Waals surface area (Å²) in [5, 5.41) is 3.48. The van der Waals surface area contributed by atoms with Gasteiger partial charge in [0.15, 0.2) is 0 Å². The summed E-state index contributed by atoms with van der Waals surface area (Å²) in [6.07, 6.45) is 5.65. The fraction of sp³-hybridized carbons (Fsp3) is 0.688. The third kappa shape index (κ3) is 6.69. The van der Waals surface area contributed by atoms with E-state index >= 15 is 0 Å². The number of nitrogens with one attached hydrogen (secondary N) is 1. The summed E-state index contributed by atoms with van der Waals surface area (Å²) < 4.78 is 0. The molecule has 0 aliphatic carbocycles. The van der Waals surface area contributed by atoms with Crippen molar-refractivity contribution in [1.29, 1.82) is 0 Å². The fourth-order valence-electron chi connectivity index (χ4n) is 2.11. The van der Waals surface area contributed by atoms with Crippen LogP contribution in [0, 0.1) is 0 Å². The zero-order valence-corrected chi connectivity index (χ0v) is 12.7. The minimum Gasteiger partial charge on any atom is -0.310 e. The molecule has 1 N–H and O–H groups in total. The first-order chi connectivity index (χ1) is 9.27. The van der Waals surface area contributed by atoms with Gasteiger partial charge in [-0.25, -0.2) is 0 Å². The van der Waals surface area contributed by atoms with Gasteiger partial charge in [0.1, 0.15) is 0 Å². The maximum Gasteiger partial charge on any atom is 0.0541 e. The Morgan fingerprint density at radius 2 is 2.11 bits per heavy atom. The van der Waals surface area contributed by atoms with Gasteiger partial charge in [-0.1, -0.05) is 26.3 Å². The smallest absolute Gasteiger partial charge is 0.0541 e. The second-order valence-corrected chi connectivity index (χ2v) is 5.14. The van der Waals surface area contributed by atoms with Gasteiger partial charge in [-0.2, -0.15) is 0 Å². The molecule has 1 unspecified atom stereocenters. The van der Waals surface area contributed by atoms with Gasteiger partial charge in [0.05, 0.1) is 5.69 Å². The van der Waals surface area contributed by atoms with Crippen LogP contribution in [-0.4, -0.2) is 35.6 Å². The van der Waals surface area contributed by atoms with Crippen molar-refractivity contribution in [1.82, 2.24) is 15.2 Å². The van der Waals surface area contributed by atoms with Crippen molar-refractivity contribution >= 4 is 0 Å². The van der Waals surface area contributed by atoms with Gasteiger partial charge >= 0.3 is 0 Å². The third-order valence-electron chi connectivity index (χ3n) is 3.62. The molecule has 3 heteroatoms. The van der Waals surface area contributed by atoms with Crippen molar-refractivity contribution in [3.8, 4) is 0 Å². The molecule has 1 atom stereocenters. The van der Waals surface area contributed by atoms with Crippen LogP contribution in [0.3, 0.4) is 0 Å². The van der Waals surface area contributed by atoms with Crippen molar-refractivity contribution in [2.24, 2.45) is 0 Å². The molecule has 0 fully saturated rings. The molecule has 1 aromatic heterocycles. The summed E-state index contributed by atoms with van der Waals surface area (Å²) in [4.78, 5) is 6.91. The fourth-order valence-corrected chi connectivity index (χ4v) is 2.11. The van der Waals surface area contributed by atoms with Gasteiger partial charge in [-0.3, -0.25) is 9.88 Å². The van der Waals surface area contributed by atoms with Gasteiger partial charge in [-0.05, 0) is 38.4 Å². The highest BCUT2D eigenvalue weighted by Crippen LogP contribution is 2.05. The van der Waals surface area contributed by atoms with Crippen LogP contribution in [0.5, 0.6) is 0 Å². The Labute approximate surface area is 118 Å². The molecule has 0 saturated carbocycles. The molecule has 1 heterocycles. The first-order valence-corrected chi connectivity index (χ1v) is 7.62. The zero-order chi connectivity index (χ0) is 13.9. The predicted molar refractivity (Wildman–Crippen MR) is 82.2 cm³/mol. The van der Waals surface area contributed by atoms with Crippen molar-refractivity contribution in [3.05, 3.63) is 30.1 Å². The van der Waals surface area contributed by atoms with Gasteiger partial charge in [-0.15, -0.1) is 0 Å². The summed E-state index contributed by atoms with van der Waals surface area (Å²) in [5.74, 6) is 0. The monoisotopic (exact) mass is 263 g/mol. The standard InChI is InChI=1S/C16H29N3/c1-4-6-12-19(15(3)5-2)13-11-17-14-16-9-7-8-10-18-16/h7-10,15,17H,4-6,11-14H2,1-3H3. The summed E-state index contributed by atoms with van der Waals surface area (Å²) in [6.45, 7) is 11.1. The van der Waals surface area contributed by atoms with Crippen LogP contribution < -0.4 is 5.32 Å². The number of unbranched alkanes of at least 4 members (excludes halogenated alkanes) is 1. The van der Waals surface area contributed by atoms with Crippen molar-refractivity contribution < 1.29 is 0 Å². The quantitative estimate of drug-likeness (QED) is 0.658. The Morgan fingerprint density at radius 3 is 2.74 bits per heavy atom. The Bertz CT molecular complexity index is 313. The Kier molecular flexibility index (Phi) is 8.43. The topological polar surface area (TPSA) is 28.2 Å². The van der Waals surface area contributed by atoms with Crippen LogP contribution >= 0.6 is 0 Å². The lowest BCUT2D eigenvalue weighted by Crippen LogP contribution is -2.38. The summed E-state index contributed by atoms with van der Waals surface area (Å²) in [6, 6.07) is 6.75. The number of nitrogens with zero attached hydrogens (tertiary/aromatic N) is 2. The van der Waals surface area contributed by atoms with Crippen LogP contribution in [0.2, 0.25) is 0 Å². The summed E-state index contributed by atoms with van der Waals surface area (Å²) in [7, 11) is 0. The highest BCUT2D eigenvalue weighted by atomic mass is 15.2. The Morgan fingerprint density at radius 1 is 1.26 bits per heavy atom. The van der Waals surface area contributed by atoms with Crippen molar-refractivity contribution in [2.75, 3.05) is 19.6 Å². The number of hydrogen-bond acceptors (Lipinski definition) is 3. The van der Waals surface area contributed by atoms with Crippen LogP contribution in [0.4, 0.5) is 0 Å². The van der Waals surface area contributed by atoms with Gasteiger partial charge in [0.25, 0.3) is 0 Å². The van der Waals surface area contributed by atoms with E-state index in [1.807, 2.05) is 18.3 Å². The summed E-state index contributed by atoms with van der Waals surface area (Å²) >= 11 is 0. The molecule has 108 valence electrons. The maximum atomic E-state index is 4.32. The molecule has 1 aromatic rings. The highest BCUT2D eigenvalue weighted by Gasteiger charge is 2.10. The lowest BCUT2D eigenvalue weighted by molar-refractivity contribution is 0.201. The van der Waals surface area contributed by atoms with Crippen LogP contribution in [0.25, 0.3) is 0 Å². The van der Waals surface area contributed by atoms with E-state index in [9.17, 15) is 0 Å². The third-order valence-corrected chi connectivity index (χ3v) is 3.62. The van der Waals surface area contributed by atoms with Crippen LogP contribution in [0.15, 0.2) is 24.4 Å². The zero-order valence-electron chi connectivity index (χ0n) is 12.7. The second-order valence-electron chi connectivity index (χ2n) is 5.14. The van der Waals surface area contributed by atoms with E-state index in [0.717, 1.165) is 25.3 Å². The molecule has 1 rings (SSSR count). The predicted octanol–water partition coefficient (Wildman–Crippen LogP) is 3.07. The number of aromatic nitrogens is 1. The molecule has 0 amide bonds. The molecule has 0 radical (unpaired) electrons. The molecule has 0 aromatic carbocycles. The lowest BCUT2D eigenvalue weighted by atomic mass is 10.2. The Balaban J connectivity index is 2.23. The molecule has 19 heavy (non-hydrogen) atoms. The van der Waals surface area contributed by atoms with E-state index < -0.39 is 0 Å². The molecular formula is C16H29N3. The summed E-state index contributed by atoms with van der Waals surface area (Å²) in [5.41, 5.74) is 1.12. The van der Waals surface area contributed by atoms with Crippen LogP contribution in [0.1, 0.15) is 45.7 Å². The molecule has 0 saturated heterocycles. The van der Waals surface area contributed by atoms with Crippen LogP contribution in [-0.2, 0) is 6.54 Å². The van der Waals surface area contributed by atoms with E-state index in [2.05, 4.69) is 42.0 Å². The largest absolute Gasteiger partial charge is 0.310 e. The molecular weight excluding hydrogens is 234 g/mol. The first kappa shape index (κ1) is 16.1. The van der Waals surface area contributed by atoms with Crippen molar-refractivity contribution in [2.45, 2.75) is 52.6 Å². The average molecular weight is 263 g/mol. The first-order valence-electron chi connectivity index (χ1n) is 7.62. The molecule has 3 nitrogen and oxygen atoms in total. The van der Waals surface area contributed by atoms with Gasteiger partial charge in [0, 0.05) is 31.9 Å². The number of pyridine rings is 1. The number of rotatable bonds is 10. The molecule has 0 aliphatic heterocycles. The lowest BCUT2D eigenvalue weighted by Gasteiger charge is -2.28. The minimum absolute atomic E-state index is 0.684. The molecule has 0 bridgehead atoms. The molecule has 0 spiro atoms. The van der Waals surface area contributed by atoms with E-state index in [1.54, 1.807) is 0 Å². The van der Waals surface area contributed by atoms with E-state index in [0.29, 0.717) is 6.04 Å². The van der Waals surface area contributed by atoms with Gasteiger partial charge in [0.2, 0.25) is 0 Å². The Hall–Kier alpha value is -0.930. The highest BCUT2D eigenvalue weighted by molar-refractivity contribution is 5.02. The number of hydrogen-bond donors (Lipinski definition) is 1. The second kappa shape index (κ2) is 9.93. The molecule has 0 aliphatic rings. The minimum atomic E-state index is 0.684. The van der Waals surface area contributed by atoms with E-state index in [-0.39, 0.29) is 0 Å². The van der Waals surface area contributed by atoms with Crippen molar-refractivity contribution in [3.63, 3.8) is 0 Å². The average Bonchev–Trinajstić information content (AvgIpc) is 2.47. The van der Waals surface area contributed by atoms with Gasteiger partial charge < -0.3 is 5.32 Å². The van der Waals surface area contributed by atoms with E-state index in [4.69, 9.17) is 0 Å². The maximum absolute atomic E-state index is 4.32. The van der Waals surface area contributed by atoms with E-state index in [1.165, 1.54) is 25.8 Å². The SMILES string of the molecule is CCCCN(CCNCc1ccccn1)C(C)CC. The normalized spacial score (nSPS) is 12.8.